The normalized spacial score (nSPS) is 11.9. The average molecular weight is 275 g/mol. The van der Waals surface area contributed by atoms with Gasteiger partial charge in [-0.3, -0.25) is 4.79 Å². The van der Waals surface area contributed by atoms with E-state index >= 15 is 0 Å². The van der Waals surface area contributed by atoms with Crippen LogP contribution in [0.25, 0.3) is 0 Å². The van der Waals surface area contributed by atoms with Crippen LogP contribution in [0.3, 0.4) is 0 Å². The van der Waals surface area contributed by atoms with E-state index in [-0.39, 0.29) is 17.0 Å². The fourth-order valence-electron chi connectivity index (χ4n) is 1.67. The number of ether oxygens (including phenoxy) is 1. The molecule has 4 nitrogen and oxygen atoms in total. The average Bonchev–Trinajstić information content (AvgIpc) is 2.42. The fourth-order valence-corrected chi connectivity index (χ4v) is 1.67. The van der Waals surface area contributed by atoms with Crippen LogP contribution in [0.1, 0.15) is 43.6 Å². The first kappa shape index (κ1) is 16.0. The van der Waals surface area contributed by atoms with E-state index < -0.39 is 5.97 Å². The van der Waals surface area contributed by atoms with E-state index in [1.165, 1.54) is 13.2 Å². The lowest BCUT2D eigenvalue weighted by molar-refractivity contribution is -0.136. The molecule has 1 N–H and O–H groups in total. The lowest BCUT2D eigenvalue weighted by atomic mass is 9.87. The van der Waals surface area contributed by atoms with Gasteiger partial charge in [-0.1, -0.05) is 39.0 Å². The molecule has 108 valence electrons. The van der Waals surface area contributed by atoms with E-state index in [9.17, 15) is 9.59 Å². The van der Waals surface area contributed by atoms with E-state index in [4.69, 9.17) is 0 Å². The number of esters is 1. The smallest absolute Gasteiger partial charge is 0.354 e. The van der Waals surface area contributed by atoms with E-state index in [1.807, 2.05) is 12.1 Å². The van der Waals surface area contributed by atoms with Crippen molar-refractivity contribution in [3.8, 4) is 0 Å². The number of carbonyl (C=O) groups excluding carboxylic acids is 2. The molecule has 0 aromatic heterocycles. The maximum atomic E-state index is 12.0. The van der Waals surface area contributed by atoms with Crippen molar-refractivity contribution in [1.29, 1.82) is 0 Å². The lowest BCUT2D eigenvalue weighted by Gasteiger charge is -2.19. The Kier molecular flexibility index (Phi) is 5.08. The van der Waals surface area contributed by atoms with Crippen molar-refractivity contribution in [2.45, 2.75) is 33.1 Å². The van der Waals surface area contributed by atoms with Crippen LogP contribution in [0.5, 0.6) is 0 Å². The molecule has 0 radical (unpaired) electrons. The van der Waals surface area contributed by atoms with Gasteiger partial charge in [0.2, 0.25) is 0 Å². The van der Waals surface area contributed by atoms with Crippen LogP contribution >= 0.6 is 0 Å². The molecule has 1 rings (SSSR count). The molecule has 0 fully saturated rings. The minimum atomic E-state index is -0.563. The van der Waals surface area contributed by atoms with Crippen LogP contribution in [0.15, 0.2) is 36.0 Å². The molecule has 4 heteroatoms. The number of nitrogens with one attached hydrogen (secondary N) is 1. The first-order valence-electron chi connectivity index (χ1n) is 6.46. The van der Waals surface area contributed by atoms with Crippen LogP contribution in [0.4, 0.5) is 0 Å². The van der Waals surface area contributed by atoms with Gasteiger partial charge in [-0.25, -0.2) is 4.79 Å². The fraction of sp³-hybridized carbons (Fsp3) is 0.375. The van der Waals surface area contributed by atoms with Crippen molar-refractivity contribution in [2.24, 2.45) is 0 Å². The molecule has 1 aromatic rings. The van der Waals surface area contributed by atoms with Crippen molar-refractivity contribution >= 4 is 11.9 Å². The molecular formula is C16H21NO3. The molecule has 0 aliphatic rings. The molecule has 0 bridgehead atoms. The molecule has 20 heavy (non-hydrogen) atoms. The number of carbonyl (C=O) groups is 2. The van der Waals surface area contributed by atoms with Crippen LogP contribution < -0.4 is 5.32 Å². The zero-order chi connectivity index (χ0) is 15.3. The van der Waals surface area contributed by atoms with Crippen molar-refractivity contribution in [3.63, 3.8) is 0 Å². The molecule has 0 saturated heterocycles. The SMILES string of the molecule is C/C=C(/NC(=O)c1ccc(C(C)(C)C)cc1)C(=O)OC. The number of amides is 1. The standard InChI is InChI=1S/C16H21NO3/c1-6-13(15(19)20-5)17-14(18)11-7-9-12(10-8-11)16(2,3)4/h6-10H,1-5H3,(H,17,18)/b13-6+. The van der Waals surface area contributed by atoms with E-state index in [0.717, 1.165) is 5.56 Å². The molecule has 0 saturated carbocycles. The summed E-state index contributed by atoms with van der Waals surface area (Å²) in [6, 6.07) is 7.34. The highest BCUT2D eigenvalue weighted by Gasteiger charge is 2.16. The molecule has 0 atom stereocenters. The van der Waals surface area contributed by atoms with E-state index in [2.05, 4.69) is 30.8 Å². The monoisotopic (exact) mass is 275 g/mol. The highest BCUT2D eigenvalue weighted by Crippen LogP contribution is 2.22. The zero-order valence-electron chi connectivity index (χ0n) is 12.6. The lowest BCUT2D eigenvalue weighted by Crippen LogP contribution is -2.28. The first-order chi connectivity index (χ1) is 9.29. The second kappa shape index (κ2) is 6.37. The second-order valence-electron chi connectivity index (χ2n) is 5.48. The topological polar surface area (TPSA) is 55.4 Å². The molecule has 0 unspecified atom stereocenters. The van der Waals surface area contributed by atoms with Gasteiger partial charge in [0.1, 0.15) is 5.70 Å². The minimum Gasteiger partial charge on any atom is -0.464 e. The maximum absolute atomic E-state index is 12.0. The Labute approximate surface area is 119 Å². The quantitative estimate of drug-likeness (QED) is 0.681. The van der Waals surface area contributed by atoms with Gasteiger partial charge in [-0.2, -0.15) is 0 Å². The summed E-state index contributed by atoms with van der Waals surface area (Å²) in [7, 11) is 1.27. The Hall–Kier alpha value is -2.10. The minimum absolute atomic E-state index is 0.0372. The third-order valence-corrected chi connectivity index (χ3v) is 2.96. The van der Waals surface area contributed by atoms with Gasteiger partial charge in [0.15, 0.2) is 0 Å². The Morgan fingerprint density at radius 3 is 2.10 bits per heavy atom. The zero-order valence-corrected chi connectivity index (χ0v) is 12.6. The summed E-state index contributed by atoms with van der Waals surface area (Å²) in [6.07, 6.45) is 1.51. The molecule has 1 amide bonds. The molecular weight excluding hydrogens is 254 g/mol. The summed E-state index contributed by atoms with van der Waals surface area (Å²) in [5, 5.41) is 2.54. The summed E-state index contributed by atoms with van der Waals surface area (Å²) >= 11 is 0. The largest absolute Gasteiger partial charge is 0.464 e. The molecule has 0 heterocycles. The summed E-state index contributed by atoms with van der Waals surface area (Å²) in [5.41, 5.74) is 1.82. The van der Waals surface area contributed by atoms with Gasteiger partial charge >= 0.3 is 5.97 Å². The summed E-state index contributed by atoms with van der Waals surface area (Å²) in [6.45, 7) is 7.99. The Morgan fingerprint density at radius 1 is 1.15 bits per heavy atom. The predicted octanol–water partition coefficient (Wildman–Crippen LogP) is 2.79. The molecule has 0 spiro atoms. The summed E-state index contributed by atoms with van der Waals surface area (Å²) < 4.78 is 4.58. The van der Waals surface area contributed by atoms with Crippen LogP contribution in [-0.2, 0) is 14.9 Å². The van der Waals surface area contributed by atoms with Crippen LogP contribution in [-0.4, -0.2) is 19.0 Å². The van der Waals surface area contributed by atoms with Crippen LogP contribution in [0, 0.1) is 0 Å². The molecule has 0 aliphatic carbocycles. The van der Waals surface area contributed by atoms with Crippen molar-refractivity contribution in [2.75, 3.05) is 7.11 Å². The summed E-state index contributed by atoms with van der Waals surface area (Å²) in [5.74, 6) is -0.892. The number of allylic oxidation sites excluding steroid dienone is 1. The van der Waals surface area contributed by atoms with Gasteiger partial charge in [0.05, 0.1) is 7.11 Å². The maximum Gasteiger partial charge on any atom is 0.354 e. The number of benzene rings is 1. The van der Waals surface area contributed by atoms with Gasteiger partial charge < -0.3 is 10.1 Å². The van der Waals surface area contributed by atoms with E-state index in [0.29, 0.717) is 5.56 Å². The van der Waals surface area contributed by atoms with Crippen molar-refractivity contribution in [3.05, 3.63) is 47.2 Å². The Bertz CT molecular complexity index is 522. The van der Waals surface area contributed by atoms with Gasteiger partial charge in [-0.05, 0) is 30.0 Å². The molecule has 0 aliphatic heterocycles. The number of rotatable bonds is 3. The van der Waals surface area contributed by atoms with Crippen LogP contribution in [0.2, 0.25) is 0 Å². The molecule has 1 aromatic carbocycles. The first-order valence-corrected chi connectivity index (χ1v) is 6.46. The number of hydrogen-bond acceptors (Lipinski definition) is 3. The third-order valence-electron chi connectivity index (χ3n) is 2.96. The highest BCUT2D eigenvalue weighted by molar-refractivity contribution is 6.01. The van der Waals surface area contributed by atoms with Gasteiger partial charge in [0.25, 0.3) is 5.91 Å². The Morgan fingerprint density at radius 2 is 1.70 bits per heavy atom. The summed E-state index contributed by atoms with van der Waals surface area (Å²) in [4.78, 5) is 23.4. The highest BCUT2D eigenvalue weighted by atomic mass is 16.5. The van der Waals surface area contributed by atoms with Gasteiger partial charge in [-0.15, -0.1) is 0 Å². The third kappa shape index (κ3) is 3.95. The van der Waals surface area contributed by atoms with Gasteiger partial charge in [0, 0.05) is 5.56 Å². The number of methoxy groups -OCH3 is 1. The van der Waals surface area contributed by atoms with Crippen molar-refractivity contribution < 1.29 is 14.3 Å². The Balaban J connectivity index is 2.86. The van der Waals surface area contributed by atoms with E-state index in [1.54, 1.807) is 19.1 Å². The predicted molar refractivity (Wildman–Crippen MR) is 78.4 cm³/mol. The number of hydrogen-bond donors (Lipinski definition) is 1. The second-order valence-corrected chi connectivity index (χ2v) is 5.48. The van der Waals surface area contributed by atoms with Crippen molar-refractivity contribution in [1.82, 2.24) is 5.32 Å².